The monoisotopic (exact) mass is 351 g/mol. The molecule has 0 radical (unpaired) electrons. The molecule has 0 fully saturated rings. The Morgan fingerprint density at radius 3 is 2.54 bits per heavy atom. The number of carboxylic acids is 1. The van der Waals surface area contributed by atoms with E-state index in [2.05, 4.69) is 15.0 Å². The Balaban J connectivity index is 1.82. The molecule has 0 saturated heterocycles. The first-order valence-electron chi connectivity index (χ1n) is 7.67. The van der Waals surface area contributed by atoms with E-state index in [4.69, 9.17) is 0 Å². The second kappa shape index (κ2) is 6.03. The maximum atomic E-state index is 14.6. The van der Waals surface area contributed by atoms with E-state index in [1.54, 1.807) is 24.3 Å². The summed E-state index contributed by atoms with van der Waals surface area (Å²) < 4.78 is 28.5. The van der Waals surface area contributed by atoms with Crippen molar-refractivity contribution < 1.29 is 18.7 Å². The lowest BCUT2D eigenvalue weighted by molar-refractivity contribution is 0.0698. The third kappa shape index (κ3) is 2.59. The molecule has 4 aromatic rings. The van der Waals surface area contributed by atoms with Crippen molar-refractivity contribution in [2.45, 2.75) is 0 Å². The molecule has 26 heavy (non-hydrogen) atoms. The fraction of sp³-hybridized carbons (Fsp3) is 0. The van der Waals surface area contributed by atoms with Crippen molar-refractivity contribution >= 4 is 17.1 Å². The molecule has 2 aromatic heterocycles. The van der Waals surface area contributed by atoms with Gasteiger partial charge in [0.25, 0.3) is 0 Å². The van der Waals surface area contributed by atoms with E-state index in [-0.39, 0.29) is 33.7 Å². The van der Waals surface area contributed by atoms with Crippen LogP contribution in [0.15, 0.2) is 54.7 Å². The van der Waals surface area contributed by atoms with Crippen molar-refractivity contribution in [3.05, 3.63) is 71.9 Å². The van der Waals surface area contributed by atoms with E-state index in [1.165, 1.54) is 30.5 Å². The molecule has 0 aliphatic carbocycles. The molecule has 0 spiro atoms. The van der Waals surface area contributed by atoms with Crippen LogP contribution in [0, 0.1) is 11.6 Å². The van der Waals surface area contributed by atoms with Crippen molar-refractivity contribution in [1.82, 2.24) is 15.0 Å². The summed E-state index contributed by atoms with van der Waals surface area (Å²) in [7, 11) is 0. The van der Waals surface area contributed by atoms with E-state index in [0.717, 1.165) is 0 Å². The molecule has 0 aliphatic rings. The Kier molecular flexibility index (Phi) is 3.69. The van der Waals surface area contributed by atoms with Crippen LogP contribution in [0.1, 0.15) is 10.4 Å². The predicted octanol–water partition coefficient (Wildman–Crippen LogP) is 4.27. The molecule has 7 heteroatoms. The number of H-pyrrole nitrogens is 1. The van der Waals surface area contributed by atoms with Crippen LogP contribution >= 0.6 is 0 Å². The van der Waals surface area contributed by atoms with Crippen LogP contribution in [0.3, 0.4) is 0 Å². The van der Waals surface area contributed by atoms with Crippen molar-refractivity contribution in [2.75, 3.05) is 0 Å². The van der Waals surface area contributed by atoms with Crippen molar-refractivity contribution in [3.8, 4) is 22.5 Å². The first-order valence-corrected chi connectivity index (χ1v) is 7.67. The van der Waals surface area contributed by atoms with Crippen LogP contribution in [0.4, 0.5) is 8.78 Å². The fourth-order valence-corrected chi connectivity index (χ4v) is 2.78. The number of aromatic nitrogens is 3. The van der Waals surface area contributed by atoms with Crippen molar-refractivity contribution in [3.63, 3.8) is 0 Å². The van der Waals surface area contributed by atoms with E-state index in [9.17, 15) is 18.7 Å². The number of aromatic amines is 1. The van der Waals surface area contributed by atoms with Gasteiger partial charge in [-0.2, -0.15) is 0 Å². The quantitative estimate of drug-likeness (QED) is 0.578. The smallest absolute Gasteiger partial charge is 0.338 e. The molecular formula is C19H11F2N3O2. The van der Waals surface area contributed by atoms with Gasteiger partial charge in [0.15, 0.2) is 5.65 Å². The SMILES string of the molecule is O=C(O)c1ccnc2[nH]c(-c3ccc(-c4ccccc4F)cc3F)nc12. The summed E-state index contributed by atoms with van der Waals surface area (Å²) in [4.78, 5) is 22.3. The largest absolute Gasteiger partial charge is 0.478 e. The van der Waals surface area contributed by atoms with Crippen LogP contribution in [-0.2, 0) is 0 Å². The number of pyridine rings is 1. The maximum Gasteiger partial charge on any atom is 0.338 e. The second-order valence-corrected chi connectivity index (χ2v) is 5.62. The van der Waals surface area contributed by atoms with Crippen molar-refractivity contribution in [1.29, 1.82) is 0 Å². The molecule has 0 saturated carbocycles. The normalized spacial score (nSPS) is 11.0. The number of nitrogens with one attached hydrogen (secondary N) is 1. The highest BCUT2D eigenvalue weighted by Gasteiger charge is 2.17. The zero-order chi connectivity index (χ0) is 18.3. The summed E-state index contributed by atoms with van der Waals surface area (Å²) in [5, 5.41) is 9.21. The molecule has 5 nitrogen and oxygen atoms in total. The summed E-state index contributed by atoms with van der Waals surface area (Å²) in [5.74, 6) is -2.05. The standard InChI is InChI=1S/C19H11F2N3O2/c20-14-4-2-1-3-11(14)10-5-6-12(15(21)9-10)17-23-16-13(19(25)26)7-8-22-18(16)24-17/h1-9H,(H,25,26)(H,22,23,24). The number of carbonyl (C=O) groups is 1. The van der Waals surface area contributed by atoms with Crippen LogP contribution in [0.25, 0.3) is 33.7 Å². The van der Waals surface area contributed by atoms with E-state index in [1.807, 2.05) is 0 Å². The van der Waals surface area contributed by atoms with Gasteiger partial charge in [-0.1, -0.05) is 24.3 Å². The maximum absolute atomic E-state index is 14.6. The van der Waals surface area contributed by atoms with Crippen molar-refractivity contribution in [2.24, 2.45) is 0 Å². The van der Waals surface area contributed by atoms with E-state index >= 15 is 0 Å². The molecule has 2 aromatic carbocycles. The Morgan fingerprint density at radius 1 is 1.00 bits per heavy atom. The Bertz CT molecular complexity index is 1150. The average molecular weight is 351 g/mol. The lowest BCUT2D eigenvalue weighted by Gasteiger charge is -2.06. The lowest BCUT2D eigenvalue weighted by Crippen LogP contribution is -1.97. The highest BCUT2D eigenvalue weighted by atomic mass is 19.1. The highest BCUT2D eigenvalue weighted by Crippen LogP contribution is 2.29. The first kappa shape index (κ1) is 15.9. The summed E-state index contributed by atoms with van der Waals surface area (Å²) in [6, 6.07) is 11.7. The number of nitrogens with zero attached hydrogens (tertiary/aromatic N) is 2. The number of aromatic carboxylic acids is 1. The Hall–Kier alpha value is -3.61. The number of imidazole rings is 1. The summed E-state index contributed by atoms with van der Waals surface area (Å²) in [6.45, 7) is 0. The van der Waals surface area contributed by atoms with Gasteiger partial charge in [-0.25, -0.2) is 23.5 Å². The Morgan fingerprint density at radius 2 is 1.81 bits per heavy atom. The fourth-order valence-electron chi connectivity index (χ4n) is 2.78. The van der Waals surface area contributed by atoms with Gasteiger partial charge in [0.1, 0.15) is 23.0 Å². The van der Waals surface area contributed by atoms with E-state index < -0.39 is 17.6 Å². The summed E-state index contributed by atoms with van der Waals surface area (Å²) in [6.07, 6.45) is 1.34. The highest BCUT2D eigenvalue weighted by molar-refractivity contribution is 6.00. The minimum Gasteiger partial charge on any atom is -0.478 e. The zero-order valence-corrected chi connectivity index (χ0v) is 13.2. The number of hydrogen-bond acceptors (Lipinski definition) is 3. The minimum absolute atomic E-state index is 0.0270. The molecule has 0 bridgehead atoms. The van der Waals surface area contributed by atoms with Crippen LogP contribution in [0.2, 0.25) is 0 Å². The lowest BCUT2D eigenvalue weighted by atomic mass is 10.0. The van der Waals surface area contributed by atoms with Gasteiger partial charge < -0.3 is 10.1 Å². The molecule has 0 aliphatic heterocycles. The topological polar surface area (TPSA) is 78.9 Å². The first-order chi connectivity index (χ1) is 12.5. The third-order valence-electron chi connectivity index (χ3n) is 4.02. The molecule has 0 amide bonds. The van der Waals surface area contributed by atoms with Gasteiger partial charge in [0, 0.05) is 11.8 Å². The molecule has 0 atom stereocenters. The van der Waals surface area contributed by atoms with Gasteiger partial charge in [0.05, 0.1) is 11.1 Å². The number of rotatable bonds is 3. The minimum atomic E-state index is -1.15. The number of carboxylic acid groups (broad SMARTS) is 1. The van der Waals surface area contributed by atoms with E-state index in [0.29, 0.717) is 5.56 Å². The number of halogens is 2. The summed E-state index contributed by atoms with van der Waals surface area (Å²) in [5.41, 5.74) is 1.19. The van der Waals surface area contributed by atoms with Gasteiger partial charge >= 0.3 is 5.97 Å². The van der Waals surface area contributed by atoms with Crippen LogP contribution < -0.4 is 0 Å². The van der Waals surface area contributed by atoms with Gasteiger partial charge in [-0.05, 0) is 29.8 Å². The Labute approximate surface area is 146 Å². The second-order valence-electron chi connectivity index (χ2n) is 5.62. The zero-order valence-electron chi connectivity index (χ0n) is 13.2. The van der Waals surface area contributed by atoms with Gasteiger partial charge in [-0.3, -0.25) is 0 Å². The predicted molar refractivity (Wildman–Crippen MR) is 91.6 cm³/mol. The molecule has 2 N–H and O–H groups in total. The third-order valence-corrected chi connectivity index (χ3v) is 4.02. The molecule has 2 heterocycles. The number of fused-ring (bicyclic) bond motifs is 1. The van der Waals surface area contributed by atoms with Crippen LogP contribution in [-0.4, -0.2) is 26.0 Å². The van der Waals surface area contributed by atoms with Crippen LogP contribution in [0.5, 0.6) is 0 Å². The molecule has 128 valence electrons. The average Bonchev–Trinajstić information content (AvgIpc) is 3.05. The number of hydrogen-bond donors (Lipinski definition) is 2. The molecule has 0 unspecified atom stereocenters. The molecule has 4 rings (SSSR count). The number of benzene rings is 2. The van der Waals surface area contributed by atoms with Gasteiger partial charge in [0.2, 0.25) is 0 Å². The summed E-state index contributed by atoms with van der Waals surface area (Å²) >= 11 is 0. The molecular weight excluding hydrogens is 340 g/mol. The van der Waals surface area contributed by atoms with Gasteiger partial charge in [-0.15, -0.1) is 0 Å².